The topological polar surface area (TPSA) is 134 Å². The van der Waals surface area contributed by atoms with E-state index >= 15 is 0 Å². The first-order valence-corrected chi connectivity index (χ1v) is 34.5. The highest BCUT2D eigenvalue weighted by molar-refractivity contribution is 7.47. The largest absolute Gasteiger partial charge is 0.472 e. The number of rotatable bonds is 60. The molecule has 2 unspecified atom stereocenters. The Bertz CT molecular complexity index is 1920. The number of phosphoric ester groups is 1. The van der Waals surface area contributed by atoms with E-state index in [1.807, 2.05) is 0 Å². The van der Waals surface area contributed by atoms with Crippen molar-refractivity contribution < 1.29 is 37.6 Å². The van der Waals surface area contributed by atoms with Gasteiger partial charge in [0.25, 0.3) is 0 Å². The van der Waals surface area contributed by atoms with Crippen molar-refractivity contribution in [2.75, 3.05) is 26.4 Å². The van der Waals surface area contributed by atoms with Crippen LogP contribution in [0.2, 0.25) is 0 Å². The lowest BCUT2D eigenvalue weighted by molar-refractivity contribution is -0.161. The summed E-state index contributed by atoms with van der Waals surface area (Å²) in [5.74, 6) is -0.856. The van der Waals surface area contributed by atoms with Crippen LogP contribution < -0.4 is 5.73 Å². The molecule has 0 aromatic rings. The molecule has 0 bridgehead atoms. The summed E-state index contributed by atoms with van der Waals surface area (Å²) >= 11 is 0. The maximum absolute atomic E-state index is 12.7. The van der Waals surface area contributed by atoms with Gasteiger partial charge in [0.05, 0.1) is 13.2 Å². The summed E-state index contributed by atoms with van der Waals surface area (Å²) in [6.07, 6.45) is 97.4. The zero-order chi connectivity index (χ0) is 60.1. The van der Waals surface area contributed by atoms with Crippen molar-refractivity contribution in [3.05, 3.63) is 158 Å². The van der Waals surface area contributed by atoms with Crippen LogP contribution >= 0.6 is 7.82 Å². The molecule has 10 heteroatoms. The van der Waals surface area contributed by atoms with Crippen molar-refractivity contribution >= 4 is 19.8 Å². The van der Waals surface area contributed by atoms with E-state index in [9.17, 15) is 19.0 Å². The van der Waals surface area contributed by atoms with Gasteiger partial charge in [0.15, 0.2) is 6.10 Å². The van der Waals surface area contributed by atoms with Gasteiger partial charge in [-0.05, 0) is 122 Å². The number of esters is 2. The van der Waals surface area contributed by atoms with Crippen molar-refractivity contribution in [2.24, 2.45) is 5.73 Å². The van der Waals surface area contributed by atoms with E-state index in [-0.39, 0.29) is 32.6 Å². The summed E-state index contributed by atoms with van der Waals surface area (Å²) in [5.41, 5.74) is 5.39. The average molecular weight is 1170 g/mol. The van der Waals surface area contributed by atoms with Gasteiger partial charge in [-0.3, -0.25) is 18.6 Å². The molecule has 0 aliphatic heterocycles. The molecule has 0 amide bonds. The SMILES string of the molecule is CC/C=C\C/C=C\C/C=C\C/C=C\C/C=C\C/C=C\C/C=C\C/C=C\C/C=C\CCCCCCCC(=O)OC(COC(=O)CCCCCCCCCCCCCCCCCC/C=C\C/C=C\C/C=C\C/C=C\CC)COP(=O)(O)OCCN. The first-order valence-electron chi connectivity index (χ1n) is 33.0. The van der Waals surface area contributed by atoms with E-state index in [4.69, 9.17) is 24.3 Å². The number of allylic oxidation sites excluding steroid dienone is 26. The van der Waals surface area contributed by atoms with Gasteiger partial charge < -0.3 is 20.1 Å². The molecule has 0 saturated heterocycles. The maximum atomic E-state index is 12.7. The van der Waals surface area contributed by atoms with Crippen molar-refractivity contribution in [1.29, 1.82) is 0 Å². The lowest BCUT2D eigenvalue weighted by atomic mass is 10.0. The Labute approximate surface area is 509 Å². The molecule has 0 spiro atoms. The van der Waals surface area contributed by atoms with Crippen LogP contribution in [-0.4, -0.2) is 49.3 Å². The fourth-order valence-corrected chi connectivity index (χ4v) is 9.39. The van der Waals surface area contributed by atoms with Crippen LogP contribution in [0.15, 0.2) is 158 Å². The minimum Gasteiger partial charge on any atom is -0.462 e. The summed E-state index contributed by atoms with van der Waals surface area (Å²) in [4.78, 5) is 35.3. The Balaban J connectivity index is 4.01. The van der Waals surface area contributed by atoms with Gasteiger partial charge in [0.1, 0.15) is 6.61 Å². The van der Waals surface area contributed by atoms with Gasteiger partial charge in [-0.25, -0.2) is 4.57 Å². The molecule has 0 aromatic carbocycles. The van der Waals surface area contributed by atoms with Crippen molar-refractivity contribution in [3.8, 4) is 0 Å². The fraction of sp³-hybridized carbons (Fsp3) is 0.616. The molecule has 470 valence electrons. The summed E-state index contributed by atoms with van der Waals surface area (Å²) in [7, 11) is -4.41. The highest BCUT2D eigenvalue weighted by Crippen LogP contribution is 2.43. The predicted molar refractivity (Wildman–Crippen MR) is 357 cm³/mol. The summed E-state index contributed by atoms with van der Waals surface area (Å²) in [6.45, 7) is 3.49. The van der Waals surface area contributed by atoms with Gasteiger partial charge in [0.2, 0.25) is 0 Å². The second kappa shape index (κ2) is 66.8. The number of carbonyl (C=O) groups is 2. The monoisotopic (exact) mass is 1170 g/mol. The minimum atomic E-state index is -4.41. The van der Waals surface area contributed by atoms with Gasteiger partial charge in [-0.1, -0.05) is 281 Å². The molecular formula is C73H120NO8P. The van der Waals surface area contributed by atoms with E-state index in [1.165, 1.54) is 89.9 Å². The van der Waals surface area contributed by atoms with E-state index < -0.39 is 32.5 Å². The Morgan fingerprint density at radius 2 is 0.627 bits per heavy atom. The van der Waals surface area contributed by atoms with E-state index in [2.05, 4.69) is 172 Å². The summed E-state index contributed by atoms with van der Waals surface area (Å²) in [5, 5.41) is 0. The standard InChI is InChI=1S/C73H120NO8P/c1-3-5-7-9-11-13-15-17-19-21-23-25-27-29-31-33-34-35-36-38-40-42-44-46-48-50-52-54-56-58-60-62-64-66-73(76)82-71(70-81-83(77,78)80-68-67-74)69-79-72(75)65-63-61-59-57-55-53-51-49-47-45-43-41-39-37-32-30-28-26-24-22-20-18-16-14-12-10-8-6-4-2/h5-8,11-14,17-20,23-26,29,31,34-35,38,40,44,46,50,52,71H,3-4,9-10,15-16,21-22,27-28,30,32-33,36-37,39,41-43,45,47-49,51,53-70,74H2,1-2H3,(H,77,78)/b7-5-,8-6-,13-11-,14-12-,19-17-,20-18-,25-23-,26-24-,31-29-,35-34-,40-38-,46-44-,52-50-. The number of hydrogen-bond donors (Lipinski definition) is 2. The Morgan fingerprint density at radius 3 is 0.928 bits per heavy atom. The second-order valence-electron chi connectivity index (χ2n) is 21.2. The lowest BCUT2D eigenvalue weighted by Crippen LogP contribution is -2.29. The van der Waals surface area contributed by atoms with Gasteiger partial charge in [0, 0.05) is 19.4 Å². The lowest BCUT2D eigenvalue weighted by Gasteiger charge is -2.19. The molecule has 3 N–H and O–H groups in total. The first-order chi connectivity index (χ1) is 40.8. The molecule has 0 rings (SSSR count). The van der Waals surface area contributed by atoms with Crippen LogP contribution in [0.5, 0.6) is 0 Å². The van der Waals surface area contributed by atoms with Crippen LogP contribution in [0.1, 0.15) is 258 Å². The van der Waals surface area contributed by atoms with Crippen LogP contribution in [0, 0.1) is 0 Å². The average Bonchev–Trinajstić information content (AvgIpc) is 3.49. The van der Waals surface area contributed by atoms with Gasteiger partial charge >= 0.3 is 19.8 Å². The van der Waals surface area contributed by atoms with Crippen molar-refractivity contribution in [2.45, 2.75) is 264 Å². The predicted octanol–water partition coefficient (Wildman–Crippen LogP) is 21.6. The highest BCUT2D eigenvalue weighted by Gasteiger charge is 2.26. The summed E-state index contributed by atoms with van der Waals surface area (Å²) < 4.78 is 33.1. The van der Waals surface area contributed by atoms with Gasteiger partial charge in [-0.2, -0.15) is 0 Å². The maximum Gasteiger partial charge on any atom is 0.472 e. The third-order valence-corrected chi connectivity index (χ3v) is 14.4. The summed E-state index contributed by atoms with van der Waals surface area (Å²) in [6, 6.07) is 0. The Kier molecular flexibility index (Phi) is 63.3. The molecular weight excluding hydrogens is 1050 g/mol. The van der Waals surface area contributed by atoms with E-state index in [0.717, 1.165) is 135 Å². The zero-order valence-corrected chi connectivity index (χ0v) is 53.5. The second-order valence-corrected chi connectivity index (χ2v) is 22.7. The van der Waals surface area contributed by atoms with Gasteiger partial charge in [-0.15, -0.1) is 0 Å². The van der Waals surface area contributed by atoms with Crippen LogP contribution in [-0.2, 0) is 32.7 Å². The van der Waals surface area contributed by atoms with E-state index in [0.29, 0.717) is 6.42 Å². The normalized spacial score (nSPS) is 14.0. The molecule has 2 atom stereocenters. The molecule has 0 aliphatic carbocycles. The molecule has 0 saturated carbocycles. The number of ether oxygens (including phenoxy) is 2. The van der Waals surface area contributed by atoms with E-state index in [1.54, 1.807) is 0 Å². The van der Waals surface area contributed by atoms with Crippen LogP contribution in [0.3, 0.4) is 0 Å². The quantitative estimate of drug-likeness (QED) is 0.0264. The third kappa shape index (κ3) is 66.6. The third-order valence-electron chi connectivity index (χ3n) is 13.4. The molecule has 9 nitrogen and oxygen atoms in total. The Hall–Kier alpha value is -4.37. The molecule has 83 heavy (non-hydrogen) atoms. The number of unbranched alkanes of at least 4 members (excludes halogenated alkanes) is 21. The molecule has 0 radical (unpaired) electrons. The smallest absolute Gasteiger partial charge is 0.462 e. The number of hydrogen-bond acceptors (Lipinski definition) is 8. The Morgan fingerprint density at radius 1 is 0.361 bits per heavy atom. The molecule has 0 heterocycles. The van der Waals surface area contributed by atoms with Crippen LogP contribution in [0.25, 0.3) is 0 Å². The van der Waals surface area contributed by atoms with Crippen molar-refractivity contribution in [3.63, 3.8) is 0 Å². The van der Waals surface area contributed by atoms with Crippen LogP contribution in [0.4, 0.5) is 0 Å². The number of phosphoric acid groups is 1. The number of carbonyl (C=O) groups excluding carboxylic acids is 2. The van der Waals surface area contributed by atoms with Crippen molar-refractivity contribution in [1.82, 2.24) is 0 Å². The zero-order valence-electron chi connectivity index (χ0n) is 52.6. The molecule has 0 aromatic heterocycles. The highest BCUT2D eigenvalue weighted by atomic mass is 31.2. The fourth-order valence-electron chi connectivity index (χ4n) is 8.62. The first kappa shape index (κ1) is 78.6. The minimum absolute atomic E-state index is 0.0423. The number of nitrogens with two attached hydrogens (primary N) is 1. The molecule has 0 aliphatic rings. The molecule has 0 fully saturated rings.